The lowest BCUT2D eigenvalue weighted by molar-refractivity contribution is -0.118. The summed E-state index contributed by atoms with van der Waals surface area (Å²) in [5, 5.41) is 10.4. The second-order valence-electron chi connectivity index (χ2n) is 5.24. The van der Waals surface area contributed by atoms with Crippen molar-refractivity contribution in [2.24, 2.45) is 0 Å². The first-order valence-electron chi connectivity index (χ1n) is 7.23. The van der Waals surface area contributed by atoms with Crippen molar-refractivity contribution in [1.29, 1.82) is 0 Å². The van der Waals surface area contributed by atoms with Crippen molar-refractivity contribution in [3.63, 3.8) is 0 Å². The maximum absolute atomic E-state index is 12.1. The molecule has 0 aliphatic carbocycles. The Kier molecular flexibility index (Phi) is 6.44. The van der Waals surface area contributed by atoms with Gasteiger partial charge in [-0.1, -0.05) is 53.5 Å². The number of rotatable bonds is 7. The Morgan fingerprint density at radius 1 is 1.00 bits per heavy atom. The van der Waals surface area contributed by atoms with E-state index in [9.17, 15) is 9.90 Å². The second kappa shape index (κ2) is 8.33. The average Bonchev–Trinajstić information content (AvgIpc) is 2.51. The molecule has 0 amide bonds. The minimum atomic E-state index is -0.0350. The predicted molar refractivity (Wildman–Crippen MR) is 90.5 cm³/mol. The van der Waals surface area contributed by atoms with Gasteiger partial charge in [0.1, 0.15) is 5.78 Å². The smallest absolute Gasteiger partial charge is 0.137 e. The van der Waals surface area contributed by atoms with Gasteiger partial charge >= 0.3 is 0 Å². The van der Waals surface area contributed by atoms with Gasteiger partial charge in [-0.3, -0.25) is 4.79 Å². The van der Waals surface area contributed by atoms with Crippen LogP contribution in [-0.2, 0) is 24.2 Å². The van der Waals surface area contributed by atoms with Crippen LogP contribution in [0.3, 0.4) is 0 Å². The van der Waals surface area contributed by atoms with Crippen LogP contribution in [0.1, 0.15) is 29.5 Å². The van der Waals surface area contributed by atoms with Gasteiger partial charge in [0.2, 0.25) is 0 Å². The van der Waals surface area contributed by atoms with Gasteiger partial charge in [0.15, 0.2) is 0 Å². The van der Waals surface area contributed by atoms with Gasteiger partial charge in [0.25, 0.3) is 0 Å². The van der Waals surface area contributed by atoms with Gasteiger partial charge in [0, 0.05) is 12.8 Å². The summed E-state index contributed by atoms with van der Waals surface area (Å²) in [6.45, 7) is -0.0350. The highest BCUT2D eigenvalue weighted by Gasteiger charge is 2.08. The first-order chi connectivity index (χ1) is 10.6. The molecular weight excluding hydrogens is 319 g/mol. The van der Waals surface area contributed by atoms with E-state index in [2.05, 4.69) is 0 Å². The lowest BCUT2D eigenvalue weighted by Gasteiger charge is -2.07. The Bertz CT molecular complexity index is 653. The van der Waals surface area contributed by atoms with Gasteiger partial charge in [0.05, 0.1) is 16.7 Å². The highest BCUT2D eigenvalue weighted by atomic mass is 35.5. The second-order valence-corrected chi connectivity index (χ2v) is 6.06. The van der Waals surface area contributed by atoms with Gasteiger partial charge in [-0.15, -0.1) is 0 Å². The fraction of sp³-hybridized carbons (Fsp3) is 0.278. The van der Waals surface area contributed by atoms with E-state index in [1.54, 1.807) is 6.07 Å². The molecule has 2 aromatic rings. The van der Waals surface area contributed by atoms with Crippen LogP contribution < -0.4 is 0 Å². The molecule has 0 heterocycles. The third-order valence-electron chi connectivity index (χ3n) is 3.58. The molecule has 0 saturated heterocycles. The zero-order valence-electron chi connectivity index (χ0n) is 12.2. The number of halogens is 2. The number of hydrogen-bond acceptors (Lipinski definition) is 2. The van der Waals surface area contributed by atoms with Crippen molar-refractivity contribution in [1.82, 2.24) is 0 Å². The maximum Gasteiger partial charge on any atom is 0.137 e. The summed E-state index contributed by atoms with van der Waals surface area (Å²) >= 11 is 11.9. The van der Waals surface area contributed by atoms with E-state index in [4.69, 9.17) is 23.2 Å². The van der Waals surface area contributed by atoms with Crippen molar-refractivity contribution in [2.75, 3.05) is 0 Å². The van der Waals surface area contributed by atoms with Crippen molar-refractivity contribution < 1.29 is 9.90 Å². The van der Waals surface area contributed by atoms with E-state index in [0.717, 1.165) is 29.5 Å². The summed E-state index contributed by atoms with van der Waals surface area (Å²) in [6.07, 6.45) is 2.46. The van der Waals surface area contributed by atoms with Crippen LogP contribution in [0.4, 0.5) is 0 Å². The summed E-state index contributed by atoms with van der Waals surface area (Å²) in [4.78, 5) is 12.1. The van der Waals surface area contributed by atoms with E-state index >= 15 is 0 Å². The van der Waals surface area contributed by atoms with E-state index in [1.807, 2.05) is 36.4 Å². The maximum atomic E-state index is 12.1. The van der Waals surface area contributed by atoms with E-state index in [0.29, 0.717) is 22.9 Å². The Labute approximate surface area is 140 Å². The highest BCUT2D eigenvalue weighted by molar-refractivity contribution is 6.42. The number of aryl methyl sites for hydroxylation is 1. The monoisotopic (exact) mass is 336 g/mol. The fourth-order valence-corrected chi connectivity index (χ4v) is 2.69. The molecule has 0 radical (unpaired) electrons. The van der Waals surface area contributed by atoms with E-state index in [-0.39, 0.29) is 12.4 Å². The van der Waals surface area contributed by atoms with E-state index < -0.39 is 0 Å². The van der Waals surface area contributed by atoms with Gasteiger partial charge in [-0.2, -0.15) is 0 Å². The molecule has 0 aliphatic rings. The Morgan fingerprint density at radius 2 is 1.73 bits per heavy atom. The zero-order valence-corrected chi connectivity index (χ0v) is 13.7. The molecule has 0 spiro atoms. The quantitative estimate of drug-likeness (QED) is 0.800. The number of aliphatic hydroxyl groups is 1. The van der Waals surface area contributed by atoms with Crippen LogP contribution in [-0.4, -0.2) is 10.9 Å². The van der Waals surface area contributed by atoms with Crippen molar-refractivity contribution >= 4 is 29.0 Å². The normalized spacial score (nSPS) is 10.7. The molecule has 0 saturated carbocycles. The minimum absolute atomic E-state index is 0.0350. The van der Waals surface area contributed by atoms with Crippen molar-refractivity contribution in [3.8, 4) is 0 Å². The zero-order chi connectivity index (χ0) is 15.9. The summed E-state index contributed by atoms with van der Waals surface area (Å²) in [5.74, 6) is 0.181. The summed E-state index contributed by atoms with van der Waals surface area (Å²) in [7, 11) is 0. The SMILES string of the molecule is O=C(CCCc1ccc(Cl)c(Cl)c1)Cc1ccccc1CO. The average molecular weight is 337 g/mol. The Hall–Kier alpha value is -1.35. The molecule has 0 aromatic heterocycles. The molecule has 2 nitrogen and oxygen atoms in total. The molecular formula is C18H18Cl2O2. The number of benzene rings is 2. The van der Waals surface area contributed by atoms with Crippen molar-refractivity contribution in [2.45, 2.75) is 32.3 Å². The number of Topliss-reactive ketones (excluding diaryl/α,β-unsaturated/α-hetero) is 1. The van der Waals surface area contributed by atoms with Gasteiger partial charge < -0.3 is 5.11 Å². The Balaban J connectivity index is 1.84. The van der Waals surface area contributed by atoms with Crippen LogP contribution in [0.15, 0.2) is 42.5 Å². The number of aliphatic hydroxyl groups excluding tert-OH is 1. The topological polar surface area (TPSA) is 37.3 Å². The molecule has 0 aliphatic heterocycles. The number of hydrogen-bond donors (Lipinski definition) is 1. The molecule has 1 N–H and O–H groups in total. The summed E-state index contributed by atoms with van der Waals surface area (Å²) < 4.78 is 0. The molecule has 0 fully saturated rings. The van der Waals surface area contributed by atoms with Crippen LogP contribution in [0.5, 0.6) is 0 Å². The van der Waals surface area contributed by atoms with Crippen molar-refractivity contribution in [3.05, 3.63) is 69.2 Å². The molecule has 116 valence electrons. The third kappa shape index (κ3) is 4.84. The molecule has 4 heteroatoms. The van der Waals surface area contributed by atoms with Gasteiger partial charge in [-0.05, 0) is 41.7 Å². The number of ketones is 1. The van der Waals surface area contributed by atoms with Gasteiger partial charge in [-0.25, -0.2) is 0 Å². The fourth-order valence-electron chi connectivity index (χ4n) is 2.37. The molecule has 0 unspecified atom stereocenters. The highest BCUT2D eigenvalue weighted by Crippen LogP contribution is 2.23. The predicted octanol–water partition coefficient (Wildman–Crippen LogP) is 4.62. The molecule has 22 heavy (non-hydrogen) atoms. The lowest BCUT2D eigenvalue weighted by Crippen LogP contribution is -2.05. The summed E-state index contributed by atoms with van der Waals surface area (Å²) in [6, 6.07) is 13.0. The van der Waals surface area contributed by atoms with Crippen LogP contribution in [0.25, 0.3) is 0 Å². The van der Waals surface area contributed by atoms with Crippen LogP contribution in [0, 0.1) is 0 Å². The largest absolute Gasteiger partial charge is 0.392 e. The van der Waals surface area contributed by atoms with Crippen LogP contribution in [0.2, 0.25) is 10.0 Å². The summed E-state index contributed by atoms with van der Waals surface area (Å²) in [5.41, 5.74) is 2.81. The first-order valence-corrected chi connectivity index (χ1v) is 7.99. The lowest BCUT2D eigenvalue weighted by atomic mass is 9.99. The third-order valence-corrected chi connectivity index (χ3v) is 4.32. The molecule has 2 rings (SSSR count). The first kappa shape index (κ1) is 17.0. The minimum Gasteiger partial charge on any atom is -0.392 e. The van der Waals surface area contributed by atoms with E-state index in [1.165, 1.54) is 0 Å². The Morgan fingerprint density at radius 3 is 2.41 bits per heavy atom. The van der Waals surface area contributed by atoms with Crippen LogP contribution >= 0.6 is 23.2 Å². The number of carbonyl (C=O) groups is 1. The standard InChI is InChI=1S/C18H18Cl2O2/c19-17-9-8-13(10-18(17)20)4-3-7-16(22)11-14-5-1-2-6-15(14)12-21/h1-2,5-6,8-10,21H,3-4,7,11-12H2. The molecule has 0 atom stereocenters. The molecule has 0 bridgehead atoms. The number of carbonyl (C=O) groups excluding carboxylic acids is 1. The molecule has 2 aromatic carbocycles.